The smallest absolute Gasteiger partial charge is 0.0661 e. The van der Waals surface area contributed by atoms with Gasteiger partial charge in [0.15, 0.2) is 0 Å². The summed E-state index contributed by atoms with van der Waals surface area (Å²) in [5.74, 6) is 0.825. The van der Waals surface area contributed by atoms with E-state index in [2.05, 4.69) is 12.2 Å². The van der Waals surface area contributed by atoms with Gasteiger partial charge in [-0.05, 0) is 49.8 Å². The van der Waals surface area contributed by atoms with Crippen LogP contribution in [0.5, 0.6) is 0 Å². The third-order valence-corrected chi connectivity index (χ3v) is 4.41. The van der Waals surface area contributed by atoms with Gasteiger partial charge in [0.05, 0.1) is 12.1 Å². The summed E-state index contributed by atoms with van der Waals surface area (Å²) >= 11 is 5.99. The fraction of sp³-hybridized carbons (Fsp3) is 0.600. The summed E-state index contributed by atoms with van der Waals surface area (Å²) in [6.45, 7) is 2.44. The molecule has 2 nitrogen and oxygen atoms in total. The number of hydrogen-bond donors (Lipinski definition) is 2. The minimum absolute atomic E-state index is 0.156. The second-order valence-electron chi connectivity index (χ2n) is 5.43. The van der Waals surface area contributed by atoms with Gasteiger partial charge in [-0.1, -0.05) is 31.0 Å². The first-order chi connectivity index (χ1) is 8.67. The van der Waals surface area contributed by atoms with E-state index in [0.717, 1.165) is 29.5 Å². The van der Waals surface area contributed by atoms with Gasteiger partial charge in [0, 0.05) is 10.7 Å². The maximum atomic E-state index is 9.74. The van der Waals surface area contributed by atoms with Crippen molar-refractivity contribution in [2.45, 2.75) is 44.6 Å². The number of rotatable bonds is 4. The largest absolute Gasteiger partial charge is 0.394 e. The topological polar surface area (TPSA) is 32.3 Å². The van der Waals surface area contributed by atoms with Crippen LogP contribution in [0.4, 0.5) is 5.69 Å². The first-order valence-corrected chi connectivity index (χ1v) is 7.20. The van der Waals surface area contributed by atoms with Crippen molar-refractivity contribution in [2.75, 3.05) is 11.9 Å². The summed E-state index contributed by atoms with van der Waals surface area (Å²) < 4.78 is 0. The molecule has 0 radical (unpaired) electrons. The quantitative estimate of drug-likeness (QED) is 0.861. The summed E-state index contributed by atoms with van der Waals surface area (Å²) in [4.78, 5) is 0. The molecular formula is C15H22ClNO. The van der Waals surface area contributed by atoms with E-state index in [1.54, 1.807) is 0 Å². The number of hydrogen-bond acceptors (Lipinski definition) is 2. The van der Waals surface area contributed by atoms with Crippen LogP contribution in [-0.2, 0) is 0 Å². The Bertz CT molecular complexity index is 386. The number of aliphatic hydroxyl groups is 1. The van der Waals surface area contributed by atoms with E-state index in [-0.39, 0.29) is 12.1 Å². The predicted molar refractivity (Wildman–Crippen MR) is 77.1 cm³/mol. The van der Waals surface area contributed by atoms with Crippen LogP contribution >= 0.6 is 11.6 Å². The van der Waals surface area contributed by atoms with Gasteiger partial charge in [0.2, 0.25) is 0 Å². The number of nitrogens with one attached hydrogen (secondary N) is 1. The molecule has 0 heterocycles. The van der Waals surface area contributed by atoms with Crippen LogP contribution in [0.3, 0.4) is 0 Å². The number of anilines is 1. The van der Waals surface area contributed by atoms with E-state index in [1.807, 2.05) is 24.3 Å². The zero-order chi connectivity index (χ0) is 13.0. The molecule has 0 amide bonds. The highest BCUT2D eigenvalue weighted by Crippen LogP contribution is 2.36. The minimum Gasteiger partial charge on any atom is -0.394 e. The fourth-order valence-electron chi connectivity index (χ4n) is 2.83. The zero-order valence-electron chi connectivity index (χ0n) is 11.0. The van der Waals surface area contributed by atoms with Gasteiger partial charge in [-0.25, -0.2) is 0 Å². The lowest BCUT2D eigenvalue weighted by molar-refractivity contribution is 0.150. The Balaban J connectivity index is 2.05. The average molecular weight is 268 g/mol. The monoisotopic (exact) mass is 267 g/mol. The molecule has 0 aliphatic heterocycles. The maximum Gasteiger partial charge on any atom is 0.0661 e. The third-order valence-electron chi connectivity index (χ3n) is 4.18. The first-order valence-electron chi connectivity index (χ1n) is 6.82. The second-order valence-corrected chi connectivity index (χ2v) is 5.86. The van der Waals surface area contributed by atoms with Crippen molar-refractivity contribution in [1.29, 1.82) is 0 Å². The normalized spacial score (nSPS) is 28.1. The van der Waals surface area contributed by atoms with Crippen LogP contribution in [-0.4, -0.2) is 17.3 Å². The van der Waals surface area contributed by atoms with Gasteiger partial charge in [0.25, 0.3) is 0 Å². The van der Waals surface area contributed by atoms with E-state index in [9.17, 15) is 5.11 Å². The van der Waals surface area contributed by atoms with E-state index in [4.69, 9.17) is 11.6 Å². The molecule has 100 valence electrons. The van der Waals surface area contributed by atoms with Crippen molar-refractivity contribution >= 4 is 17.3 Å². The Morgan fingerprint density at radius 1 is 1.39 bits per heavy atom. The molecule has 1 aliphatic carbocycles. The predicted octanol–water partition coefficient (Wildman–Crippen LogP) is 4.08. The highest BCUT2D eigenvalue weighted by molar-refractivity contribution is 6.30. The maximum absolute atomic E-state index is 9.74. The first kappa shape index (κ1) is 13.7. The lowest BCUT2D eigenvalue weighted by atomic mass is 9.76. The van der Waals surface area contributed by atoms with Crippen molar-refractivity contribution < 1.29 is 5.11 Å². The van der Waals surface area contributed by atoms with Crippen molar-refractivity contribution in [3.63, 3.8) is 0 Å². The van der Waals surface area contributed by atoms with Gasteiger partial charge in [-0.2, -0.15) is 0 Å². The molecule has 0 unspecified atom stereocenters. The average Bonchev–Trinajstić information content (AvgIpc) is 2.39. The Morgan fingerprint density at radius 3 is 2.67 bits per heavy atom. The molecule has 0 aromatic heterocycles. The summed E-state index contributed by atoms with van der Waals surface area (Å²) in [5.41, 5.74) is 0.850. The van der Waals surface area contributed by atoms with Crippen molar-refractivity contribution in [3.8, 4) is 0 Å². The lowest BCUT2D eigenvalue weighted by Crippen LogP contribution is -2.45. The van der Waals surface area contributed by atoms with Crippen LogP contribution in [0.25, 0.3) is 0 Å². The summed E-state index contributed by atoms with van der Waals surface area (Å²) in [7, 11) is 0. The van der Waals surface area contributed by atoms with Crippen LogP contribution in [0.1, 0.15) is 39.0 Å². The summed E-state index contributed by atoms with van der Waals surface area (Å²) in [6, 6.07) is 7.74. The SMILES string of the molecule is CCC1CCC(CO)(Nc2cccc(Cl)c2)CC1. The van der Waals surface area contributed by atoms with Crippen LogP contribution in [0.2, 0.25) is 5.02 Å². The molecule has 0 saturated heterocycles. The summed E-state index contributed by atoms with van der Waals surface area (Å²) in [6.07, 6.45) is 5.72. The Hall–Kier alpha value is -0.730. The zero-order valence-corrected chi connectivity index (χ0v) is 11.7. The van der Waals surface area contributed by atoms with Gasteiger partial charge in [-0.15, -0.1) is 0 Å². The Kier molecular flexibility index (Phi) is 4.52. The Labute approximate surface area is 114 Å². The molecule has 3 heteroatoms. The van der Waals surface area contributed by atoms with E-state index >= 15 is 0 Å². The lowest BCUT2D eigenvalue weighted by Gasteiger charge is -2.40. The molecule has 2 rings (SSSR count). The van der Waals surface area contributed by atoms with Gasteiger partial charge >= 0.3 is 0 Å². The van der Waals surface area contributed by atoms with Crippen LogP contribution in [0, 0.1) is 5.92 Å². The highest BCUT2D eigenvalue weighted by Gasteiger charge is 2.34. The molecule has 2 N–H and O–H groups in total. The molecule has 1 aromatic rings. The number of halogens is 1. The number of aliphatic hydroxyl groups excluding tert-OH is 1. The van der Waals surface area contributed by atoms with Gasteiger partial charge < -0.3 is 10.4 Å². The third kappa shape index (κ3) is 3.18. The van der Waals surface area contributed by atoms with Gasteiger partial charge in [-0.3, -0.25) is 0 Å². The van der Waals surface area contributed by atoms with E-state index in [0.29, 0.717) is 0 Å². The molecule has 1 saturated carbocycles. The van der Waals surface area contributed by atoms with Crippen molar-refractivity contribution in [1.82, 2.24) is 0 Å². The van der Waals surface area contributed by atoms with Crippen molar-refractivity contribution in [2.24, 2.45) is 5.92 Å². The number of benzene rings is 1. The molecule has 1 fully saturated rings. The molecule has 0 spiro atoms. The van der Waals surface area contributed by atoms with E-state index in [1.165, 1.54) is 19.3 Å². The molecule has 0 atom stereocenters. The standard InChI is InChI=1S/C15H22ClNO/c1-2-12-6-8-15(11-18,9-7-12)17-14-5-3-4-13(16)10-14/h3-5,10,12,17-18H,2,6-9,11H2,1H3. The van der Waals surface area contributed by atoms with Crippen LogP contribution < -0.4 is 5.32 Å². The van der Waals surface area contributed by atoms with E-state index < -0.39 is 0 Å². The van der Waals surface area contributed by atoms with Gasteiger partial charge in [0.1, 0.15) is 0 Å². The molecule has 18 heavy (non-hydrogen) atoms. The molecule has 0 bridgehead atoms. The van der Waals surface area contributed by atoms with Crippen molar-refractivity contribution in [3.05, 3.63) is 29.3 Å². The molecule has 1 aliphatic rings. The van der Waals surface area contributed by atoms with Crippen LogP contribution in [0.15, 0.2) is 24.3 Å². The molecule has 1 aromatic carbocycles. The minimum atomic E-state index is -0.156. The highest BCUT2D eigenvalue weighted by atomic mass is 35.5. The fourth-order valence-corrected chi connectivity index (χ4v) is 3.02. The molecular weight excluding hydrogens is 246 g/mol. The summed E-state index contributed by atoms with van der Waals surface area (Å²) in [5, 5.41) is 14.0. The second kappa shape index (κ2) is 5.94. The Morgan fingerprint density at radius 2 is 2.11 bits per heavy atom.